The highest BCUT2D eigenvalue weighted by molar-refractivity contribution is 7.89. The molecule has 4 heterocycles. The summed E-state index contributed by atoms with van der Waals surface area (Å²) in [4.78, 5) is 4.98. The zero-order chi connectivity index (χ0) is 27.0. The number of hydrogen-bond acceptors (Lipinski definition) is 8. The van der Waals surface area contributed by atoms with Crippen LogP contribution in [0.5, 0.6) is 0 Å². The Morgan fingerprint density at radius 1 is 1.15 bits per heavy atom. The zero-order valence-electron chi connectivity index (χ0n) is 21.4. The van der Waals surface area contributed by atoms with Crippen LogP contribution in [-0.4, -0.2) is 55.8 Å². The van der Waals surface area contributed by atoms with E-state index in [0.717, 1.165) is 52.9 Å². The number of aromatic nitrogens is 4. The lowest BCUT2D eigenvalue weighted by molar-refractivity contribution is 0.276. The Bertz CT molecular complexity index is 1590. The van der Waals surface area contributed by atoms with Crippen molar-refractivity contribution in [2.45, 2.75) is 58.2 Å². The number of fused-ring (bicyclic) bond motifs is 1. The molecule has 0 atom stereocenters. The van der Waals surface area contributed by atoms with E-state index in [0.29, 0.717) is 23.9 Å². The maximum Gasteiger partial charge on any atom is 0.216 e. The minimum Gasteiger partial charge on any atom is -0.388 e. The Balaban J connectivity index is 0.00000353. The highest BCUT2D eigenvalue weighted by Gasteiger charge is 2.31. The summed E-state index contributed by atoms with van der Waals surface area (Å²) in [6.45, 7) is 4.49. The fourth-order valence-corrected chi connectivity index (χ4v) is 7.01. The van der Waals surface area contributed by atoms with Gasteiger partial charge in [-0.3, -0.25) is 0 Å². The van der Waals surface area contributed by atoms with E-state index in [9.17, 15) is 8.42 Å². The Hall–Kier alpha value is -2.93. The molecular formula is C27H35N7O2S3. The van der Waals surface area contributed by atoms with E-state index in [4.69, 9.17) is 28.7 Å². The van der Waals surface area contributed by atoms with Crippen LogP contribution in [0.3, 0.4) is 0 Å². The van der Waals surface area contributed by atoms with Crippen LogP contribution < -0.4 is 11.5 Å². The van der Waals surface area contributed by atoms with Crippen molar-refractivity contribution in [2.24, 2.45) is 5.73 Å². The maximum absolute atomic E-state index is 12.7. The number of nitrogen functional groups attached to an aromatic ring is 1. The van der Waals surface area contributed by atoms with Gasteiger partial charge in [0.2, 0.25) is 15.2 Å². The Kier molecular flexibility index (Phi) is 8.69. The van der Waals surface area contributed by atoms with Gasteiger partial charge in [0.15, 0.2) is 0 Å². The highest BCUT2D eigenvalue weighted by atomic mass is 32.2. The molecule has 1 aromatic carbocycles. The van der Waals surface area contributed by atoms with Gasteiger partial charge in [-0.2, -0.15) is 0 Å². The van der Waals surface area contributed by atoms with E-state index >= 15 is 0 Å². The molecule has 0 spiro atoms. The summed E-state index contributed by atoms with van der Waals surface area (Å²) in [5, 5.41) is 10.1. The van der Waals surface area contributed by atoms with Crippen molar-refractivity contribution < 1.29 is 8.42 Å². The maximum atomic E-state index is 12.7. The van der Waals surface area contributed by atoms with E-state index in [1.807, 2.05) is 18.2 Å². The van der Waals surface area contributed by atoms with Gasteiger partial charge in [-0.1, -0.05) is 49.2 Å². The molecule has 1 aliphatic heterocycles. The van der Waals surface area contributed by atoms with Crippen LogP contribution in [0.2, 0.25) is 0 Å². The van der Waals surface area contributed by atoms with Crippen molar-refractivity contribution in [3.63, 3.8) is 0 Å². The van der Waals surface area contributed by atoms with Crippen LogP contribution in [0, 0.1) is 0 Å². The number of nitrogens with two attached hydrogens (primary N) is 2. The molecule has 0 saturated carbocycles. The lowest BCUT2D eigenvalue weighted by Crippen LogP contribution is -2.42. The smallest absolute Gasteiger partial charge is 0.216 e. The quantitative estimate of drug-likeness (QED) is 0.288. The van der Waals surface area contributed by atoms with Gasteiger partial charge in [0.25, 0.3) is 0 Å². The minimum absolute atomic E-state index is 0. The molecule has 3 aromatic heterocycles. The molecule has 1 saturated heterocycles. The molecule has 1 aliphatic rings. The van der Waals surface area contributed by atoms with Crippen LogP contribution in [0.15, 0.2) is 42.6 Å². The number of anilines is 1. The third kappa shape index (κ3) is 5.98. The van der Waals surface area contributed by atoms with Gasteiger partial charge >= 0.3 is 0 Å². The third-order valence-corrected chi connectivity index (χ3v) is 10.4. The van der Waals surface area contributed by atoms with Crippen molar-refractivity contribution in [3.8, 4) is 11.3 Å². The second-order valence-corrected chi connectivity index (χ2v) is 13.9. The first-order chi connectivity index (χ1) is 18.1. The molecule has 5 rings (SSSR count). The van der Waals surface area contributed by atoms with Crippen LogP contribution in [0.4, 0.5) is 5.13 Å². The van der Waals surface area contributed by atoms with Crippen LogP contribution in [0.1, 0.15) is 56.4 Å². The molecule has 9 nitrogen and oxygen atoms in total. The molecule has 4 N–H and O–H groups in total. The molecule has 0 aliphatic carbocycles. The van der Waals surface area contributed by atoms with Gasteiger partial charge in [-0.15, -0.1) is 10.2 Å². The van der Waals surface area contributed by atoms with Gasteiger partial charge in [0.05, 0.1) is 16.6 Å². The minimum atomic E-state index is -3.27. The summed E-state index contributed by atoms with van der Waals surface area (Å²) in [6, 6.07) is 12.4. The first-order valence-electron chi connectivity index (χ1n) is 12.6. The summed E-state index contributed by atoms with van der Waals surface area (Å²) < 4.78 is 29.4. The third-order valence-electron chi connectivity index (χ3n) is 7.06. The molecule has 39 heavy (non-hydrogen) atoms. The number of rotatable bonds is 8. The van der Waals surface area contributed by atoms with Crippen molar-refractivity contribution in [2.75, 3.05) is 18.8 Å². The van der Waals surface area contributed by atoms with E-state index in [1.54, 1.807) is 18.2 Å². The van der Waals surface area contributed by atoms with Crippen molar-refractivity contribution in [1.29, 1.82) is 0 Å². The largest absolute Gasteiger partial charge is 0.388 e. The van der Waals surface area contributed by atoms with E-state index in [-0.39, 0.29) is 18.5 Å². The molecule has 208 valence electrons. The number of piperidine rings is 1. The van der Waals surface area contributed by atoms with Gasteiger partial charge in [0.1, 0.15) is 10.00 Å². The first kappa shape index (κ1) is 29.1. The van der Waals surface area contributed by atoms with Gasteiger partial charge in [-0.05, 0) is 56.9 Å². The number of nitrogens with zero attached hydrogens (tertiary/aromatic N) is 5. The Morgan fingerprint density at radius 3 is 2.54 bits per heavy atom. The van der Waals surface area contributed by atoms with E-state index < -0.39 is 15.3 Å². The van der Waals surface area contributed by atoms with Gasteiger partial charge in [0, 0.05) is 48.2 Å². The molecule has 1 fully saturated rings. The Labute approximate surface area is 239 Å². The molecule has 0 unspecified atom stereocenters. The monoisotopic (exact) mass is 585 g/mol. The van der Waals surface area contributed by atoms with Crippen LogP contribution >= 0.6 is 23.6 Å². The lowest BCUT2D eigenvalue weighted by Gasteiger charge is -2.33. The number of benzene rings is 1. The topological polar surface area (TPSA) is 133 Å². The van der Waals surface area contributed by atoms with Crippen molar-refractivity contribution in [3.05, 3.63) is 58.9 Å². The number of thiocarbonyl (C=S) groups is 1. The van der Waals surface area contributed by atoms with Crippen LogP contribution in [0.25, 0.3) is 22.2 Å². The Morgan fingerprint density at radius 2 is 1.90 bits per heavy atom. The average molecular weight is 586 g/mol. The second kappa shape index (κ2) is 11.7. The molecule has 0 bridgehead atoms. The van der Waals surface area contributed by atoms with Gasteiger partial charge in [-0.25, -0.2) is 17.7 Å². The number of pyridine rings is 1. The lowest BCUT2D eigenvalue weighted by atomic mass is 10.0. The predicted molar refractivity (Wildman–Crippen MR) is 163 cm³/mol. The molecule has 0 radical (unpaired) electrons. The summed E-state index contributed by atoms with van der Waals surface area (Å²) in [5.41, 5.74) is 16.3. The summed E-state index contributed by atoms with van der Waals surface area (Å²) in [6.07, 6.45) is 5.19. The summed E-state index contributed by atoms with van der Waals surface area (Å²) in [5.74, 6) is 0. The van der Waals surface area contributed by atoms with Crippen molar-refractivity contribution in [1.82, 2.24) is 24.1 Å². The van der Waals surface area contributed by atoms with E-state index in [1.165, 1.54) is 16.9 Å². The SMILES string of the molecule is C.CC(C)S(=O)(=O)N1CCC(n2cc(-c3cccc(C(N)=S)n3)c3ccc(CCc4nnc(N)s4)cc32)CC1. The zero-order valence-corrected chi connectivity index (χ0v) is 23.8. The number of hydrogen-bond donors (Lipinski definition) is 2. The molecule has 4 aromatic rings. The molecular weight excluding hydrogens is 551 g/mol. The highest BCUT2D eigenvalue weighted by Crippen LogP contribution is 2.36. The number of aryl methyl sites for hydroxylation is 2. The summed E-state index contributed by atoms with van der Waals surface area (Å²) in [7, 11) is -3.27. The summed E-state index contributed by atoms with van der Waals surface area (Å²) >= 11 is 6.58. The molecule has 0 amide bonds. The predicted octanol–water partition coefficient (Wildman–Crippen LogP) is 4.57. The fourth-order valence-electron chi connectivity index (χ4n) is 4.97. The van der Waals surface area contributed by atoms with Crippen molar-refractivity contribution >= 4 is 54.6 Å². The van der Waals surface area contributed by atoms with E-state index in [2.05, 4.69) is 39.2 Å². The average Bonchev–Trinajstić information content (AvgIpc) is 3.50. The standard InChI is InChI=1S/C26H31N7O2S3.CH4/c1-16(2)38(34,35)32-12-10-18(11-13-32)33-15-20(21-4-3-5-22(29-21)25(27)36)19-8-6-17(14-23(19)33)7-9-24-30-31-26(28)37-24;/h3-6,8,14-16,18H,7,9-13H2,1-2H3,(H2,27,36)(H2,28,31);1H4. The van der Waals surface area contributed by atoms with Crippen LogP contribution in [-0.2, 0) is 22.9 Å². The first-order valence-corrected chi connectivity index (χ1v) is 15.3. The normalized spacial score (nSPS) is 15.1. The second-order valence-electron chi connectivity index (χ2n) is 9.83. The fraction of sp³-hybridized carbons (Fsp3) is 0.407. The number of sulfonamides is 1. The molecule has 12 heteroatoms. The van der Waals surface area contributed by atoms with Gasteiger partial charge < -0.3 is 16.0 Å².